The summed E-state index contributed by atoms with van der Waals surface area (Å²) in [5, 5.41) is 10.8. The maximum absolute atomic E-state index is 11.0. The zero-order chi connectivity index (χ0) is 14.0. The lowest BCUT2D eigenvalue weighted by atomic mass is 10.1. The maximum Gasteiger partial charge on any atom is 0.284 e. The predicted octanol–water partition coefficient (Wildman–Crippen LogP) is 1.96. The highest BCUT2D eigenvalue weighted by Gasteiger charge is 2.16. The minimum Gasteiger partial charge on any atom is -0.496 e. The molecule has 98 valence electrons. The third kappa shape index (κ3) is 2.39. The van der Waals surface area contributed by atoms with E-state index in [2.05, 4.69) is 0 Å². The minimum atomic E-state index is -0.712. The van der Waals surface area contributed by atoms with Gasteiger partial charge in [-0.15, -0.1) is 0 Å². The van der Waals surface area contributed by atoms with Gasteiger partial charge in [-0.25, -0.2) is 0 Å². The summed E-state index contributed by atoms with van der Waals surface area (Å²) in [7, 11) is 1.43. The number of carbonyl (C=O) groups excluding carboxylic acids is 1. The Hall–Kier alpha value is -2.83. The van der Waals surface area contributed by atoms with Crippen LogP contribution in [0.4, 0.5) is 5.69 Å². The Bertz CT molecular complexity index is 647. The lowest BCUT2D eigenvalue weighted by Gasteiger charge is -2.05. The fourth-order valence-corrected chi connectivity index (χ4v) is 1.62. The standard InChI is InChI=1S/C12H10N2O5/c1-18-9-3-2-7(14(16)17)6-8(9)10-4-5-11(19-10)12(13)15/h2-6H,1H3,(H2,13,15). The summed E-state index contributed by atoms with van der Waals surface area (Å²) >= 11 is 0. The Morgan fingerprint density at radius 1 is 1.37 bits per heavy atom. The van der Waals surface area contributed by atoms with E-state index in [0.29, 0.717) is 11.3 Å². The summed E-state index contributed by atoms with van der Waals surface area (Å²) in [6.45, 7) is 0. The fraction of sp³-hybridized carbons (Fsp3) is 0.0833. The number of rotatable bonds is 4. The summed E-state index contributed by atoms with van der Waals surface area (Å²) < 4.78 is 10.3. The van der Waals surface area contributed by atoms with Crippen molar-refractivity contribution in [2.45, 2.75) is 0 Å². The first-order valence-corrected chi connectivity index (χ1v) is 5.25. The largest absolute Gasteiger partial charge is 0.496 e. The van der Waals surface area contributed by atoms with Gasteiger partial charge in [0, 0.05) is 12.1 Å². The first kappa shape index (κ1) is 12.6. The van der Waals surface area contributed by atoms with Crippen molar-refractivity contribution >= 4 is 11.6 Å². The van der Waals surface area contributed by atoms with Crippen LogP contribution in [-0.2, 0) is 0 Å². The Kier molecular flexibility index (Phi) is 3.19. The van der Waals surface area contributed by atoms with Gasteiger partial charge in [0.25, 0.3) is 11.6 Å². The molecule has 0 atom stereocenters. The van der Waals surface area contributed by atoms with Crippen molar-refractivity contribution in [3.63, 3.8) is 0 Å². The molecule has 2 N–H and O–H groups in total. The van der Waals surface area contributed by atoms with Gasteiger partial charge in [-0.1, -0.05) is 0 Å². The summed E-state index contributed by atoms with van der Waals surface area (Å²) in [6.07, 6.45) is 0. The number of hydrogen-bond donors (Lipinski definition) is 1. The molecule has 0 aliphatic carbocycles. The Morgan fingerprint density at radius 2 is 2.11 bits per heavy atom. The van der Waals surface area contributed by atoms with E-state index in [1.165, 1.54) is 37.4 Å². The second kappa shape index (κ2) is 4.81. The summed E-state index contributed by atoms with van der Waals surface area (Å²) in [6, 6.07) is 6.99. The molecule has 0 spiro atoms. The molecular formula is C12H10N2O5. The number of nitrogens with two attached hydrogens (primary N) is 1. The quantitative estimate of drug-likeness (QED) is 0.669. The van der Waals surface area contributed by atoms with E-state index in [1.54, 1.807) is 0 Å². The molecule has 1 aromatic carbocycles. The van der Waals surface area contributed by atoms with Crippen LogP contribution in [0, 0.1) is 10.1 Å². The number of hydrogen-bond acceptors (Lipinski definition) is 5. The molecule has 2 aromatic rings. The van der Waals surface area contributed by atoms with Crippen molar-refractivity contribution in [2.75, 3.05) is 7.11 Å². The molecular weight excluding hydrogens is 252 g/mol. The number of nitro benzene ring substituents is 1. The van der Waals surface area contributed by atoms with E-state index in [9.17, 15) is 14.9 Å². The predicted molar refractivity (Wildman–Crippen MR) is 65.9 cm³/mol. The van der Waals surface area contributed by atoms with Gasteiger partial charge in [0.15, 0.2) is 5.76 Å². The first-order valence-electron chi connectivity index (χ1n) is 5.25. The van der Waals surface area contributed by atoms with Crippen LogP contribution in [-0.4, -0.2) is 17.9 Å². The monoisotopic (exact) mass is 262 g/mol. The molecule has 0 aliphatic heterocycles. The molecule has 0 aliphatic rings. The van der Waals surface area contributed by atoms with Gasteiger partial charge in [-0.3, -0.25) is 14.9 Å². The van der Waals surface area contributed by atoms with Crippen LogP contribution in [0.5, 0.6) is 5.75 Å². The van der Waals surface area contributed by atoms with Crippen LogP contribution < -0.4 is 10.5 Å². The van der Waals surface area contributed by atoms with Crippen molar-refractivity contribution in [1.29, 1.82) is 0 Å². The fourth-order valence-electron chi connectivity index (χ4n) is 1.62. The lowest BCUT2D eigenvalue weighted by Crippen LogP contribution is -2.09. The van der Waals surface area contributed by atoms with Crippen molar-refractivity contribution < 1.29 is 18.9 Å². The number of amides is 1. The van der Waals surface area contributed by atoms with Gasteiger partial charge < -0.3 is 14.9 Å². The highest BCUT2D eigenvalue weighted by molar-refractivity contribution is 5.90. The van der Waals surface area contributed by atoms with Crippen molar-refractivity contribution in [3.05, 3.63) is 46.2 Å². The molecule has 7 heteroatoms. The van der Waals surface area contributed by atoms with Crippen molar-refractivity contribution in [1.82, 2.24) is 0 Å². The average molecular weight is 262 g/mol. The SMILES string of the molecule is COc1ccc([N+](=O)[O-])cc1-c1ccc(C(N)=O)o1. The summed E-state index contributed by atoms with van der Waals surface area (Å²) in [5.41, 5.74) is 5.36. The van der Waals surface area contributed by atoms with Crippen LogP contribution in [0.3, 0.4) is 0 Å². The number of ether oxygens (including phenoxy) is 1. The number of carbonyl (C=O) groups is 1. The second-order valence-corrected chi connectivity index (χ2v) is 3.67. The number of furan rings is 1. The van der Waals surface area contributed by atoms with E-state index < -0.39 is 10.8 Å². The van der Waals surface area contributed by atoms with Crippen molar-refractivity contribution in [2.24, 2.45) is 5.73 Å². The number of primary amides is 1. The summed E-state index contributed by atoms with van der Waals surface area (Å²) in [4.78, 5) is 21.2. The summed E-state index contributed by atoms with van der Waals surface area (Å²) in [5.74, 6) is -0.0653. The molecule has 0 saturated carbocycles. The Labute approximate surface area is 107 Å². The normalized spacial score (nSPS) is 10.2. The molecule has 2 rings (SSSR count). The third-order valence-electron chi connectivity index (χ3n) is 2.51. The molecule has 1 amide bonds. The topological polar surface area (TPSA) is 109 Å². The molecule has 0 bridgehead atoms. The zero-order valence-corrected chi connectivity index (χ0v) is 9.95. The first-order chi connectivity index (χ1) is 9.02. The number of methoxy groups -OCH3 is 1. The molecule has 1 aromatic heterocycles. The van der Waals surface area contributed by atoms with E-state index in [0.717, 1.165) is 0 Å². The molecule has 0 saturated heterocycles. The zero-order valence-electron chi connectivity index (χ0n) is 9.95. The Morgan fingerprint density at radius 3 is 2.63 bits per heavy atom. The van der Waals surface area contributed by atoms with Gasteiger partial charge in [0.05, 0.1) is 17.6 Å². The van der Waals surface area contributed by atoms with Crippen LogP contribution in [0.2, 0.25) is 0 Å². The van der Waals surface area contributed by atoms with Crippen LogP contribution in [0.25, 0.3) is 11.3 Å². The van der Waals surface area contributed by atoms with E-state index >= 15 is 0 Å². The highest BCUT2D eigenvalue weighted by atomic mass is 16.6. The molecule has 0 radical (unpaired) electrons. The third-order valence-corrected chi connectivity index (χ3v) is 2.51. The average Bonchev–Trinajstić information content (AvgIpc) is 2.87. The molecule has 0 fully saturated rings. The van der Waals surface area contributed by atoms with E-state index in [1.807, 2.05) is 0 Å². The Balaban J connectivity index is 2.54. The minimum absolute atomic E-state index is 0.0245. The van der Waals surface area contributed by atoms with Crippen LogP contribution >= 0.6 is 0 Å². The number of nitro groups is 1. The van der Waals surface area contributed by atoms with Crippen LogP contribution in [0.15, 0.2) is 34.7 Å². The van der Waals surface area contributed by atoms with Gasteiger partial charge in [0.1, 0.15) is 11.5 Å². The molecule has 7 nitrogen and oxygen atoms in total. The van der Waals surface area contributed by atoms with Gasteiger partial charge >= 0.3 is 0 Å². The lowest BCUT2D eigenvalue weighted by molar-refractivity contribution is -0.384. The molecule has 0 unspecified atom stereocenters. The highest BCUT2D eigenvalue weighted by Crippen LogP contribution is 2.34. The second-order valence-electron chi connectivity index (χ2n) is 3.67. The van der Waals surface area contributed by atoms with E-state index in [-0.39, 0.29) is 17.2 Å². The number of non-ortho nitro benzene ring substituents is 1. The number of benzene rings is 1. The van der Waals surface area contributed by atoms with Gasteiger partial charge in [-0.2, -0.15) is 0 Å². The van der Waals surface area contributed by atoms with Gasteiger partial charge in [-0.05, 0) is 18.2 Å². The maximum atomic E-state index is 11.0. The van der Waals surface area contributed by atoms with Crippen molar-refractivity contribution in [3.8, 4) is 17.1 Å². The number of nitrogens with zero attached hydrogens (tertiary/aromatic N) is 1. The van der Waals surface area contributed by atoms with Crippen LogP contribution in [0.1, 0.15) is 10.6 Å². The smallest absolute Gasteiger partial charge is 0.284 e. The van der Waals surface area contributed by atoms with Gasteiger partial charge in [0.2, 0.25) is 0 Å². The molecule has 1 heterocycles. The van der Waals surface area contributed by atoms with E-state index in [4.69, 9.17) is 14.9 Å². The molecule has 19 heavy (non-hydrogen) atoms.